The van der Waals surface area contributed by atoms with Crippen LogP contribution in [0.15, 0.2) is 51.6 Å². The van der Waals surface area contributed by atoms with Crippen molar-refractivity contribution in [2.45, 2.75) is 161 Å². The molecule has 2 rings (SSSR count). The lowest BCUT2D eigenvalue weighted by Gasteiger charge is -2.14. The number of para-hydroxylation sites is 2. The number of amides is 6. The maximum absolute atomic E-state index is 12.9. The Bertz CT molecular complexity index is 2420. The van der Waals surface area contributed by atoms with Crippen LogP contribution in [0.4, 0.5) is 0 Å². The molecule has 0 saturated carbocycles. The molecule has 6 amide bonds. The van der Waals surface area contributed by atoms with Crippen LogP contribution in [0.5, 0.6) is 23.0 Å². The fraction of sp³-hybridized carbons (Fsp3) is 0.603. The number of benzene rings is 2. The summed E-state index contributed by atoms with van der Waals surface area (Å²) < 4.78 is 22.1. The largest absolute Gasteiger partial charge is 0.493 e. The summed E-state index contributed by atoms with van der Waals surface area (Å²) >= 11 is 0. The Morgan fingerprint density at radius 1 is 0.482 bits per heavy atom. The summed E-state index contributed by atoms with van der Waals surface area (Å²) in [6.45, 7) is 4.78. The monoisotopic (exact) mass is 1260 g/mol. The van der Waals surface area contributed by atoms with Crippen molar-refractivity contribution in [3.63, 3.8) is 0 Å². The number of nitrogens with two attached hydrogens (primary N) is 2. The zero-order valence-electron chi connectivity index (χ0n) is 49.9. The number of hydrogen-bond donors (Lipinski definition) is 8. The first-order chi connectivity index (χ1) is 41.2. The third-order valence-electron chi connectivity index (χ3n) is 12.3. The first kappa shape index (κ1) is 74.9. The number of ether oxygens (including phenoxy) is 4. The van der Waals surface area contributed by atoms with Gasteiger partial charge in [0.25, 0.3) is 11.8 Å². The fourth-order valence-corrected chi connectivity index (χ4v) is 11.3. The molecule has 27 heteroatoms. The van der Waals surface area contributed by atoms with Gasteiger partial charge in [-0.05, 0) is 43.5 Å². The Labute approximate surface area is 517 Å². The maximum atomic E-state index is 12.9. The highest BCUT2D eigenvalue weighted by Gasteiger charge is 2.20. The third-order valence-corrected chi connectivity index (χ3v) is 16.6. The van der Waals surface area contributed by atoms with Crippen LogP contribution in [0, 0.1) is 0 Å². The van der Waals surface area contributed by atoms with E-state index in [1.54, 1.807) is 36.4 Å². The van der Waals surface area contributed by atoms with E-state index in [-0.39, 0.29) is 116 Å². The Balaban J connectivity index is 1.60. The van der Waals surface area contributed by atoms with E-state index in [4.69, 9.17) is 30.4 Å². The lowest BCUT2D eigenvalue weighted by molar-refractivity contribution is -0.135. The Kier molecular flexibility index (Phi) is 43.2. The predicted molar refractivity (Wildman–Crippen MR) is 343 cm³/mol. The van der Waals surface area contributed by atoms with Crippen LogP contribution in [-0.4, -0.2) is 135 Å². The number of rotatable bonds is 49. The van der Waals surface area contributed by atoms with Crippen molar-refractivity contribution in [1.29, 1.82) is 0 Å². The molecule has 85 heavy (non-hydrogen) atoms. The molecule has 474 valence electrons. The lowest BCUT2D eigenvalue weighted by atomic mass is 10.1. The van der Waals surface area contributed by atoms with E-state index in [1.165, 1.54) is 90.9 Å². The smallest absolute Gasteiger partial charge is 0.311 e. The second-order valence-corrected chi connectivity index (χ2v) is 24.4. The molecule has 0 aliphatic carbocycles. The number of carbonyl (C=O) groups excluding carboxylic acids is 8. The van der Waals surface area contributed by atoms with E-state index in [9.17, 15) is 38.4 Å². The summed E-state index contributed by atoms with van der Waals surface area (Å²) in [6, 6.07) is 9.07. The molecule has 0 aliphatic rings. The van der Waals surface area contributed by atoms with Gasteiger partial charge in [-0.15, -0.1) is 0 Å². The van der Waals surface area contributed by atoms with Crippen molar-refractivity contribution in [2.75, 3.05) is 63.4 Å². The van der Waals surface area contributed by atoms with E-state index in [1.807, 2.05) is 0 Å². The minimum Gasteiger partial charge on any atom is -0.493 e. The van der Waals surface area contributed by atoms with Gasteiger partial charge in [0.15, 0.2) is 29.0 Å². The second kappa shape index (κ2) is 49.0. The van der Waals surface area contributed by atoms with E-state index < -0.39 is 29.7 Å². The summed E-state index contributed by atoms with van der Waals surface area (Å²) in [5.41, 5.74) is 16.8. The van der Waals surface area contributed by atoms with Crippen molar-refractivity contribution in [3.05, 3.63) is 47.5 Å². The molecule has 2 aromatic carbocycles. The van der Waals surface area contributed by atoms with Crippen LogP contribution >= 0.6 is 43.2 Å². The SMILES string of the molecule is CCCCCCCCCCCC(=O)Oc1c(/C=N\NC(=O)CSSCC(=O)NCCNC(=O)CC[C@H](N=C(N)N)C(=O)NCCNC(=O)CSSCC(=O)N/N=C\c2cccc(OC)c2OC(=O)CCCCCCCCCCC)cccc1OC. The highest BCUT2D eigenvalue weighted by molar-refractivity contribution is 8.77. The highest BCUT2D eigenvalue weighted by atomic mass is 33.1. The normalized spacial score (nSPS) is 11.3. The number of guanidine groups is 1. The van der Waals surface area contributed by atoms with Crippen LogP contribution < -0.4 is 62.5 Å². The molecule has 0 aromatic heterocycles. The van der Waals surface area contributed by atoms with Crippen LogP contribution in [0.2, 0.25) is 0 Å². The summed E-state index contributed by atoms with van der Waals surface area (Å²) in [5, 5.41) is 18.7. The Morgan fingerprint density at radius 3 is 1.24 bits per heavy atom. The van der Waals surface area contributed by atoms with Gasteiger partial charge in [0.05, 0.1) is 49.7 Å². The third kappa shape index (κ3) is 37.8. The number of nitrogens with zero attached hydrogens (tertiary/aromatic N) is 3. The zero-order chi connectivity index (χ0) is 62.1. The zero-order valence-corrected chi connectivity index (χ0v) is 53.2. The molecule has 0 bridgehead atoms. The minimum atomic E-state index is -1.08. The quantitative estimate of drug-likeness (QED) is 0.00601. The summed E-state index contributed by atoms with van der Waals surface area (Å²) in [7, 11) is 7.55. The van der Waals surface area contributed by atoms with E-state index >= 15 is 0 Å². The summed E-state index contributed by atoms with van der Waals surface area (Å²) in [6.07, 6.45) is 23.5. The molecule has 2 aromatic rings. The van der Waals surface area contributed by atoms with Crippen molar-refractivity contribution < 1.29 is 57.3 Å². The van der Waals surface area contributed by atoms with Gasteiger partial charge in [-0.1, -0.05) is 172 Å². The van der Waals surface area contributed by atoms with Gasteiger partial charge in [-0.3, -0.25) is 38.4 Å². The summed E-state index contributed by atoms with van der Waals surface area (Å²) in [5.74, 6) is -2.36. The second-order valence-electron chi connectivity index (χ2n) is 19.4. The average molecular weight is 1260 g/mol. The van der Waals surface area contributed by atoms with Gasteiger partial charge in [-0.2, -0.15) is 10.2 Å². The number of carbonyl (C=O) groups is 8. The standard InChI is InChI=1S/C58H91N11O12S4/c1-5-7-9-11-13-15-17-19-21-29-53(75)80-55-43(25-23-27-46(55)78-3)37-65-68-51(73)41-84-82-39-49(71)62-34-33-61-48(70)32-31-45(67-58(59)60)57(77)64-36-35-63-50(72)40-83-85-42-52(74)69-66-38-44-26-24-28-47(79-4)56(44)81-54(76)30-22-20-18-16-14-12-10-8-6-2/h23-28,37-38,45H,5-22,29-36,39-42H2,1-4H3,(H,61,70)(H,62,71)(H,63,72)(H,64,77)(H,68,73)(H,69,74)(H4,59,60,67)/b65-37-,66-38-/t45-/m0/s1. The van der Waals surface area contributed by atoms with Crippen LogP contribution in [0.25, 0.3) is 0 Å². The number of hydrogen-bond acceptors (Lipinski definition) is 19. The van der Waals surface area contributed by atoms with Gasteiger partial charge in [0.2, 0.25) is 23.6 Å². The lowest BCUT2D eigenvalue weighted by Crippen LogP contribution is -2.41. The molecule has 1 atom stereocenters. The Hall–Kier alpha value is -6.19. The molecule has 0 spiro atoms. The number of esters is 2. The Morgan fingerprint density at radius 2 is 0.847 bits per heavy atom. The average Bonchev–Trinajstić information content (AvgIpc) is 3.49. The molecular weight excluding hydrogens is 1170 g/mol. The molecule has 0 heterocycles. The first-order valence-corrected chi connectivity index (χ1v) is 34.2. The topological polar surface area (TPSA) is 335 Å². The van der Waals surface area contributed by atoms with Crippen LogP contribution in [0.3, 0.4) is 0 Å². The van der Waals surface area contributed by atoms with E-state index in [0.29, 0.717) is 22.6 Å². The minimum absolute atomic E-state index is 0.000673. The van der Waals surface area contributed by atoms with Crippen LogP contribution in [0.1, 0.15) is 166 Å². The van der Waals surface area contributed by atoms with Crippen molar-refractivity contribution in [3.8, 4) is 23.0 Å². The molecule has 0 aliphatic heterocycles. The first-order valence-electron chi connectivity index (χ1n) is 29.3. The molecule has 0 saturated heterocycles. The fourth-order valence-electron chi connectivity index (χ4n) is 7.89. The van der Waals surface area contributed by atoms with Crippen LogP contribution in [-0.2, 0) is 38.4 Å². The maximum Gasteiger partial charge on any atom is 0.311 e. The predicted octanol–water partition coefficient (Wildman–Crippen LogP) is 7.61. The number of aliphatic imine (C=N–C) groups is 1. The van der Waals surface area contributed by atoms with Gasteiger partial charge < -0.3 is 51.7 Å². The molecule has 0 fully saturated rings. The molecule has 23 nitrogen and oxygen atoms in total. The van der Waals surface area contributed by atoms with Crippen molar-refractivity contribution in [2.24, 2.45) is 26.7 Å². The van der Waals surface area contributed by atoms with E-state index in [2.05, 4.69) is 61.2 Å². The van der Waals surface area contributed by atoms with Gasteiger partial charge in [0, 0.05) is 56.6 Å². The number of nitrogens with one attached hydrogen (secondary N) is 6. The molecule has 10 N–H and O–H groups in total. The molecule has 0 unspecified atom stereocenters. The van der Waals surface area contributed by atoms with Gasteiger partial charge in [0.1, 0.15) is 6.04 Å². The van der Waals surface area contributed by atoms with Crippen molar-refractivity contribution >= 4 is 109 Å². The number of hydrazone groups is 2. The summed E-state index contributed by atoms with van der Waals surface area (Å²) in [4.78, 5) is 104. The highest BCUT2D eigenvalue weighted by Crippen LogP contribution is 2.32. The number of unbranched alkanes of at least 4 members (excludes halogenated alkanes) is 16. The number of methoxy groups -OCH3 is 2. The van der Waals surface area contributed by atoms with Crippen molar-refractivity contribution in [1.82, 2.24) is 32.1 Å². The van der Waals surface area contributed by atoms with E-state index in [0.717, 1.165) is 94.5 Å². The molecular formula is C58H91N11O12S4. The van der Waals surface area contributed by atoms with Gasteiger partial charge in [-0.25, -0.2) is 15.8 Å². The molecule has 0 radical (unpaired) electrons. The van der Waals surface area contributed by atoms with Gasteiger partial charge >= 0.3 is 11.9 Å².